The first-order valence-electron chi connectivity index (χ1n) is 4.28. The molecule has 0 aliphatic rings. The number of carboxylic acid groups (broad SMARTS) is 1. The van der Waals surface area contributed by atoms with E-state index in [1.54, 1.807) is 6.92 Å². The molecule has 0 aromatic heterocycles. The van der Waals surface area contributed by atoms with E-state index in [1.807, 2.05) is 19.1 Å². The minimum atomic E-state index is -1.19. The number of allylic oxidation sites excluding steroid dienone is 2. The fraction of sp³-hybridized carbons (Fsp3) is 0.667. The van der Waals surface area contributed by atoms with Crippen LogP contribution >= 0.6 is 0 Å². The van der Waals surface area contributed by atoms with Crippen molar-refractivity contribution in [2.24, 2.45) is 11.7 Å². The molecule has 0 aromatic carbocycles. The fourth-order valence-corrected chi connectivity index (χ4v) is 0.990. The van der Waals surface area contributed by atoms with Crippen molar-refractivity contribution in [3.05, 3.63) is 12.2 Å². The number of aliphatic carboxylic acids is 1. The summed E-state index contributed by atoms with van der Waals surface area (Å²) >= 11 is 0. The first kappa shape index (κ1) is 12.1. The smallest absolute Gasteiger partial charge is 0.323 e. The number of rotatable bonds is 5. The van der Waals surface area contributed by atoms with Crippen molar-refractivity contribution >= 4 is 5.97 Å². The molecule has 0 aliphatic heterocycles. The van der Waals surface area contributed by atoms with E-state index in [4.69, 9.17) is 10.8 Å². The highest BCUT2D eigenvalue weighted by molar-refractivity contribution is 5.73. The summed E-state index contributed by atoms with van der Waals surface area (Å²) in [5, 5.41) is 18.0. The quantitative estimate of drug-likeness (QED) is 0.543. The molecule has 76 valence electrons. The first-order valence-corrected chi connectivity index (χ1v) is 4.28. The Labute approximate surface area is 78.1 Å². The van der Waals surface area contributed by atoms with Crippen LogP contribution in [0.5, 0.6) is 0 Å². The van der Waals surface area contributed by atoms with Crippen LogP contribution in [0.2, 0.25) is 0 Å². The minimum absolute atomic E-state index is 0.137. The molecule has 0 spiro atoms. The van der Waals surface area contributed by atoms with Crippen LogP contribution in [0.3, 0.4) is 0 Å². The summed E-state index contributed by atoms with van der Waals surface area (Å²) in [6, 6.07) is -1.19. The Hall–Kier alpha value is -0.870. The zero-order chi connectivity index (χ0) is 10.4. The first-order chi connectivity index (χ1) is 6.00. The van der Waals surface area contributed by atoms with Gasteiger partial charge in [-0.25, -0.2) is 0 Å². The van der Waals surface area contributed by atoms with Crippen LogP contribution in [0, 0.1) is 5.92 Å². The topological polar surface area (TPSA) is 83.5 Å². The second-order valence-corrected chi connectivity index (χ2v) is 3.14. The molecule has 0 radical (unpaired) electrons. The molecule has 4 nitrogen and oxygen atoms in total. The van der Waals surface area contributed by atoms with Gasteiger partial charge >= 0.3 is 5.97 Å². The Morgan fingerprint density at radius 2 is 2.15 bits per heavy atom. The van der Waals surface area contributed by atoms with E-state index in [9.17, 15) is 9.90 Å². The Morgan fingerprint density at radius 3 is 2.54 bits per heavy atom. The van der Waals surface area contributed by atoms with Gasteiger partial charge in [0.25, 0.3) is 0 Å². The Bertz CT molecular complexity index is 191. The molecule has 4 N–H and O–H groups in total. The number of aliphatic hydroxyl groups excluding tert-OH is 1. The van der Waals surface area contributed by atoms with Crippen LogP contribution < -0.4 is 5.73 Å². The van der Waals surface area contributed by atoms with E-state index in [-0.39, 0.29) is 5.92 Å². The number of carbonyl (C=O) groups is 1. The lowest BCUT2D eigenvalue weighted by molar-refractivity contribution is -0.142. The number of hydrogen-bond donors (Lipinski definition) is 3. The van der Waals surface area contributed by atoms with Crippen molar-refractivity contribution in [2.45, 2.75) is 32.4 Å². The van der Waals surface area contributed by atoms with Crippen LogP contribution in [0.4, 0.5) is 0 Å². The molecule has 0 fully saturated rings. The maximum atomic E-state index is 10.4. The van der Waals surface area contributed by atoms with E-state index >= 15 is 0 Å². The van der Waals surface area contributed by atoms with Gasteiger partial charge in [0, 0.05) is 0 Å². The van der Waals surface area contributed by atoms with Crippen molar-refractivity contribution in [1.82, 2.24) is 0 Å². The third kappa shape index (κ3) is 4.05. The van der Waals surface area contributed by atoms with Crippen LogP contribution in [-0.4, -0.2) is 28.3 Å². The monoisotopic (exact) mass is 187 g/mol. The van der Waals surface area contributed by atoms with Crippen LogP contribution in [0.1, 0.15) is 20.3 Å². The second kappa shape index (κ2) is 5.72. The van der Waals surface area contributed by atoms with Crippen molar-refractivity contribution in [3.8, 4) is 0 Å². The highest BCUT2D eigenvalue weighted by Crippen LogP contribution is 2.11. The SMILES string of the molecule is C/C=C/C[C@@H](C)[C@@H](O)[C@H](N)C(=O)O. The lowest BCUT2D eigenvalue weighted by Crippen LogP contribution is -2.45. The standard InChI is InChI=1S/C9H17NO3/c1-3-4-5-6(2)8(11)7(10)9(12)13/h3-4,6-8,11H,5,10H2,1-2H3,(H,12,13)/b4-3+/t6-,7+,8-/m1/s1. The lowest BCUT2D eigenvalue weighted by Gasteiger charge is -2.20. The summed E-state index contributed by atoms with van der Waals surface area (Å²) in [4.78, 5) is 10.4. The molecule has 0 unspecified atom stereocenters. The maximum Gasteiger partial charge on any atom is 0.323 e. The summed E-state index contributed by atoms with van der Waals surface area (Å²) in [5.74, 6) is -1.30. The zero-order valence-corrected chi connectivity index (χ0v) is 7.97. The van der Waals surface area contributed by atoms with Gasteiger partial charge in [-0.2, -0.15) is 0 Å². The van der Waals surface area contributed by atoms with Crippen LogP contribution in [0.25, 0.3) is 0 Å². The highest BCUT2D eigenvalue weighted by atomic mass is 16.4. The van der Waals surface area contributed by atoms with E-state index in [2.05, 4.69) is 0 Å². The van der Waals surface area contributed by atoms with E-state index in [0.29, 0.717) is 6.42 Å². The van der Waals surface area contributed by atoms with Crippen molar-refractivity contribution < 1.29 is 15.0 Å². The molecule has 0 saturated carbocycles. The van der Waals surface area contributed by atoms with Gasteiger partial charge in [0.15, 0.2) is 0 Å². The van der Waals surface area contributed by atoms with Gasteiger partial charge in [-0.1, -0.05) is 19.1 Å². The average Bonchev–Trinajstić information content (AvgIpc) is 2.11. The molecular weight excluding hydrogens is 170 g/mol. The Morgan fingerprint density at radius 1 is 1.62 bits per heavy atom. The number of nitrogens with two attached hydrogens (primary N) is 1. The summed E-state index contributed by atoms with van der Waals surface area (Å²) in [6.07, 6.45) is 3.38. The van der Waals surface area contributed by atoms with Gasteiger partial charge < -0.3 is 15.9 Å². The fourth-order valence-electron chi connectivity index (χ4n) is 0.990. The lowest BCUT2D eigenvalue weighted by atomic mass is 9.95. The van der Waals surface area contributed by atoms with Gasteiger partial charge in [-0.3, -0.25) is 4.79 Å². The van der Waals surface area contributed by atoms with Crippen LogP contribution in [-0.2, 0) is 4.79 Å². The van der Waals surface area contributed by atoms with Gasteiger partial charge in [0.1, 0.15) is 6.04 Å². The molecule has 0 bridgehead atoms. The number of carboxylic acids is 1. The summed E-state index contributed by atoms with van der Waals surface area (Å²) in [5.41, 5.74) is 5.26. The van der Waals surface area contributed by atoms with E-state index in [0.717, 1.165) is 0 Å². The van der Waals surface area contributed by atoms with E-state index in [1.165, 1.54) is 0 Å². The maximum absolute atomic E-state index is 10.4. The predicted octanol–water partition coefficient (Wildman–Crippen LogP) is 0.362. The van der Waals surface area contributed by atoms with Crippen molar-refractivity contribution in [1.29, 1.82) is 0 Å². The van der Waals surface area contributed by atoms with Crippen LogP contribution in [0.15, 0.2) is 12.2 Å². The predicted molar refractivity (Wildman–Crippen MR) is 50.2 cm³/mol. The van der Waals surface area contributed by atoms with Gasteiger partial charge in [0.05, 0.1) is 6.10 Å². The average molecular weight is 187 g/mol. The normalized spacial score (nSPS) is 18.5. The Kier molecular flexibility index (Phi) is 5.34. The second-order valence-electron chi connectivity index (χ2n) is 3.14. The third-order valence-electron chi connectivity index (χ3n) is 1.98. The van der Waals surface area contributed by atoms with E-state index < -0.39 is 18.1 Å². The highest BCUT2D eigenvalue weighted by Gasteiger charge is 2.26. The molecule has 0 heterocycles. The number of hydrogen-bond acceptors (Lipinski definition) is 3. The van der Waals surface area contributed by atoms with Crippen molar-refractivity contribution in [3.63, 3.8) is 0 Å². The molecule has 0 rings (SSSR count). The third-order valence-corrected chi connectivity index (χ3v) is 1.98. The molecule has 0 aliphatic carbocycles. The summed E-state index contributed by atoms with van der Waals surface area (Å²) < 4.78 is 0. The zero-order valence-electron chi connectivity index (χ0n) is 7.97. The number of aliphatic hydroxyl groups is 1. The molecule has 0 saturated heterocycles. The summed E-state index contributed by atoms with van der Waals surface area (Å²) in [7, 11) is 0. The Balaban J connectivity index is 4.08. The summed E-state index contributed by atoms with van der Waals surface area (Å²) in [6.45, 7) is 3.64. The van der Waals surface area contributed by atoms with Gasteiger partial charge in [-0.05, 0) is 19.3 Å². The molecule has 0 aromatic rings. The minimum Gasteiger partial charge on any atom is -0.480 e. The van der Waals surface area contributed by atoms with Crippen molar-refractivity contribution in [2.75, 3.05) is 0 Å². The molecule has 13 heavy (non-hydrogen) atoms. The molecular formula is C9H17NO3. The molecule has 0 amide bonds. The van der Waals surface area contributed by atoms with Gasteiger partial charge in [0.2, 0.25) is 0 Å². The molecule has 4 heteroatoms. The molecule has 3 atom stereocenters. The largest absolute Gasteiger partial charge is 0.480 e. The van der Waals surface area contributed by atoms with Gasteiger partial charge in [-0.15, -0.1) is 0 Å².